The summed E-state index contributed by atoms with van der Waals surface area (Å²) in [7, 11) is 0. The normalized spacial score (nSPS) is 12.8. The summed E-state index contributed by atoms with van der Waals surface area (Å²) in [4.78, 5) is 10.8. The van der Waals surface area contributed by atoms with E-state index in [1.54, 1.807) is 0 Å². The molecule has 5 nitrogen and oxygen atoms in total. The largest absolute Gasteiger partial charge is 0.491 e. The van der Waals surface area contributed by atoms with Crippen molar-refractivity contribution in [1.82, 2.24) is 4.57 Å². The molecule has 1 atom stereocenters. The monoisotopic (exact) mass is 262 g/mol. The van der Waals surface area contributed by atoms with Crippen LogP contribution in [0.3, 0.4) is 0 Å². The molecule has 1 aromatic carbocycles. The highest BCUT2D eigenvalue weighted by atomic mass is 16.5. The number of nitrogens with two attached hydrogens (primary N) is 1. The maximum Gasteiger partial charge on any atom is 0.322 e. The van der Waals surface area contributed by atoms with Crippen molar-refractivity contribution in [3.63, 3.8) is 0 Å². The van der Waals surface area contributed by atoms with Crippen LogP contribution in [0.4, 0.5) is 0 Å². The number of carboxylic acids is 1. The number of ether oxygens (including phenoxy) is 1. The minimum absolute atomic E-state index is 0.125. The molecule has 1 unspecified atom stereocenters. The molecule has 2 rings (SSSR count). The second-order valence-electron chi connectivity index (χ2n) is 4.80. The van der Waals surface area contributed by atoms with Crippen LogP contribution in [0.25, 0.3) is 10.9 Å². The van der Waals surface area contributed by atoms with E-state index >= 15 is 0 Å². The average Bonchev–Trinajstić information content (AvgIpc) is 2.71. The van der Waals surface area contributed by atoms with Gasteiger partial charge in [0.05, 0.1) is 6.10 Å². The van der Waals surface area contributed by atoms with Crippen molar-refractivity contribution in [2.45, 2.75) is 32.5 Å². The third kappa shape index (κ3) is 3.06. The number of rotatable bonds is 5. The quantitative estimate of drug-likeness (QED) is 0.862. The zero-order valence-electron chi connectivity index (χ0n) is 11.0. The molecular formula is C14H18N2O3. The molecule has 0 aliphatic rings. The molecule has 0 radical (unpaired) electrons. The molecule has 0 fully saturated rings. The van der Waals surface area contributed by atoms with Gasteiger partial charge >= 0.3 is 5.97 Å². The summed E-state index contributed by atoms with van der Waals surface area (Å²) in [6, 6.07) is 6.77. The van der Waals surface area contributed by atoms with E-state index in [4.69, 9.17) is 15.6 Å². The van der Waals surface area contributed by atoms with Gasteiger partial charge in [-0.25, -0.2) is 0 Å². The molecule has 0 bridgehead atoms. The Balaban J connectivity index is 2.26. The van der Waals surface area contributed by atoms with Crippen molar-refractivity contribution < 1.29 is 14.6 Å². The molecule has 1 aromatic heterocycles. The third-order valence-corrected chi connectivity index (χ3v) is 2.82. The Kier molecular flexibility index (Phi) is 3.76. The number of aliphatic carboxylic acids is 1. The summed E-state index contributed by atoms with van der Waals surface area (Å²) in [6.45, 7) is 4.20. The SMILES string of the molecule is CC(C)Oc1ccc2c(ccn2CC(N)C(=O)O)c1. The van der Waals surface area contributed by atoms with Gasteiger partial charge in [-0.1, -0.05) is 0 Å². The predicted molar refractivity (Wildman–Crippen MR) is 73.3 cm³/mol. The van der Waals surface area contributed by atoms with Crippen LogP contribution in [0.2, 0.25) is 0 Å². The molecule has 5 heteroatoms. The van der Waals surface area contributed by atoms with Crippen molar-refractivity contribution in [3.05, 3.63) is 30.5 Å². The fraction of sp³-hybridized carbons (Fsp3) is 0.357. The predicted octanol–water partition coefficient (Wildman–Crippen LogP) is 1.84. The maximum atomic E-state index is 10.8. The van der Waals surface area contributed by atoms with E-state index in [-0.39, 0.29) is 12.6 Å². The second-order valence-corrected chi connectivity index (χ2v) is 4.80. The first-order valence-corrected chi connectivity index (χ1v) is 6.21. The van der Waals surface area contributed by atoms with Gasteiger partial charge in [-0.15, -0.1) is 0 Å². The highest BCUT2D eigenvalue weighted by molar-refractivity contribution is 5.82. The maximum absolute atomic E-state index is 10.8. The van der Waals surface area contributed by atoms with Crippen LogP contribution in [-0.4, -0.2) is 27.8 Å². The zero-order chi connectivity index (χ0) is 14.0. The van der Waals surface area contributed by atoms with Crippen molar-refractivity contribution >= 4 is 16.9 Å². The van der Waals surface area contributed by atoms with E-state index in [1.165, 1.54) is 0 Å². The lowest BCUT2D eigenvalue weighted by Crippen LogP contribution is -2.34. The standard InChI is InChI=1S/C14H18N2O3/c1-9(2)19-11-3-4-13-10(7-11)5-6-16(13)8-12(15)14(17)18/h3-7,9,12H,8,15H2,1-2H3,(H,17,18). The van der Waals surface area contributed by atoms with E-state index in [1.807, 2.05) is 48.9 Å². The van der Waals surface area contributed by atoms with Crippen molar-refractivity contribution in [1.29, 1.82) is 0 Å². The first-order chi connectivity index (χ1) is 8.97. The molecule has 1 heterocycles. The van der Waals surface area contributed by atoms with E-state index < -0.39 is 12.0 Å². The van der Waals surface area contributed by atoms with Gasteiger partial charge in [0.2, 0.25) is 0 Å². The fourth-order valence-electron chi connectivity index (χ4n) is 1.97. The summed E-state index contributed by atoms with van der Waals surface area (Å²) in [6.07, 6.45) is 1.96. The van der Waals surface area contributed by atoms with Gasteiger partial charge in [-0.05, 0) is 38.1 Å². The van der Waals surface area contributed by atoms with E-state index in [9.17, 15) is 4.79 Å². The number of nitrogens with zero attached hydrogens (tertiary/aromatic N) is 1. The molecule has 2 aromatic rings. The Morgan fingerprint density at radius 3 is 2.79 bits per heavy atom. The average molecular weight is 262 g/mol. The second kappa shape index (κ2) is 5.32. The number of carboxylic acid groups (broad SMARTS) is 1. The zero-order valence-corrected chi connectivity index (χ0v) is 11.0. The minimum Gasteiger partial charge on any atom is -0.491 e. The molecule has 0 saturated carbocycles. The molecule has 0 aliphatic heterocycles. The van der Waals surface area contributed by atoms with Gasteiger partial charge in [-0.3, -0.25) is 4.79 Å². The number of benzene rings is 1. The summed E-state index contributed by atoms with van der Waals surface area (Å²) in [5, 5.41) is 9.85. The lowest BCUT2D eigenvalue weighted by molar-refractivity contribution is -0.138. The van der Waals surface area contributed by atoms with Crippen molar-refractivity contribution in [3.8, 4) is 5.75 Å². The lowest BCUT2D eigenvalue weighted by atomic mass is 10.2. The Morgan fingerprint density at radius 1 is 1.42 bits per heavy atom. The van der Waals surface area contributed by atoms with Gasteiger partial charge in [0, 0.05) is 23.6 Å². The highest BCUT2D eigenvalue weighted by Crippen LogP contribution is 2.23. The van der Waals surface area contributed by atoms with E-state index in [2.05, 4.69) is 0 Å². The number of carbonyl (C=O) groups is 1. The lowest BCUT2D eigenvalue weighted by Gasteiger charge is -2.11. The summed E-state index contributed by atoms with van der Waals surface area (Å²) in [5.41, 5.74) is 6.50. The Bertz CT molecular complexity index is 589. The molecule has 0 saturated heterocycles. The van der Waals surface area contributed by atoms with Crippen LogP contribution in [0, 0.1) is 0 Å². The molecule has 3 N–H and O–H groups in total. The molecular weight excluding hydrogens is 244 g/mol. The van der Waals surface area contributed by atoms with Gasteiger partial charge in [-0.2, -0.15) is 0 Å². The number of fused-ring (bicyclic) bond motifs is 1. The number of aromatic nitrogens is 1. The van der Waals surface area contributed by atoms with Crippen LogP contribution >= 0.6 is 0 Å². The van der Waals surface area contributed by atoms with E-state index in [0.29, 0.717) is 0 Å². The smallest absolute Gasteiger partial charge is 0.322 e. The summed E-state index contributed by atoms with van der Waals surface area (Å²) in [5.74, 6) is -0.190. The summed E-state index contributed by atoms with van der Waals surface area (Å²) < 4.78 is 7.46. The summed E-state index contributed by atoms with van der Waals surface area (Å²) >= 11 is 0. The molecule has 0 spiro atoms. The molecule has 0 amide bonds. The van der Waals surface area contributed by atoms with Gasteiger partial charge in [0.1, 0.15) is 11.8 Å². The topological polar surface area (TPSA) is 77.5 Å². The Morgan fingerprint density at radius 2 is 2.16 bits per heavy atom. The van der Waals surface area contributed by atoms with Gasteiger partial charge < -0.3 is 20.1 Å². The van der Waals surface area contributed by atoms with E-state index in [0.717, 1.165) is 16.7 Å². The highest BCUT2D eigenvalue weighted by Gasteiger charge is 2.13. The van der Waals surface area contributed by atoms with Crippen LogP contribution in [0.1, 0.15) is 13.8 Å². The first kappa shape index (κ1) is 13.4. The van der Waals surface area contributed by atoms with Crippen LogP contribution < -0.4 is 10.5 Å². The van der Waals surface area contributed by atoms with Crippen molar-refractivity contribution in [2.24, 2.45) is 5.73 Å². The molecule has 19 heavy (non-hydrogen) atoms. The van der Waals surface area contributed by atoms with Crippen LogP contribution in [0.15, 0.2) is 30.5 Å². The van der Waals surface area contributed by atoms with Crippen LogP contribution in [-0.2, 0) is 11.3 Å². The van der Waals surface area contributed by atoms with Crippen LogP contribution in [0.5, 0.6) is 5.75 Å². The number of hydrogen-bond acceptors (Lipinski definition) is 3. The third-order valence-electron chi connectivity index (χ3n) is 2.82. The molecule has 0 aliphatic carbocycles. The number of hydrogen-bond donors (Lipinski definition) is 2. The minimum atomic E-state index is -0.999. The Hall–Kier alpha value is -2.01. The van der Waals surface area contributed by atoms with Crippen molar-refractivity contribution in [2.75, 3.05) is 0 Å². The van der Waals surface area contributed by atoms with Gasteiger partial charge in [0.25, 0.3) is 0 Å². The first-order valence-electron chi connectivity index (χ1n) is 6.21. The Labute approximate surface area is 111 Å². The van der Waals surface area contributed by atoms with Gasteiger partial charge in [0.15, 0.2) is 0 Å². The molecule has 102 valence electrons. The fourth-order valence-corrected chi connectivity index (χ4v) is 1.97.